The van der Waals surface area contributed by atoms with Gasteiger partial charge in [-0.1, -0.05) is 58.8 Å². The molecule has 0 aromatic carbocycles. The number of nitrogens with one attached hydrogen (secondary N) is 3. The number of carbonyl (C=O) groups is 12. The quantitative estimate of drug-likeness (QED) is 0.110. The van der Waals surface area contributed by atoms with Crippen LogP contribution in [0.15, 0.2) is 0 Å². The topological polar surface area (TPSA) is 289 Å². The second kappa shape index (κ2) is 41.0. The van der Waals surface area contributed by atoms with Crippen molar-refractivity contribution in [3.63, 3.8) is 0 Å². The third-order valence-corrected chi connectivity index (χ3v) is 27.3. The van der Waals surface area contributed by atoms with Crippen LogP contribution in [0.1, 0.15) is 207 Å². The molecule has 5 aliphatic carbocycles. The zero-order valence-corrected chi connectivity index (χ0v) is 69.7. The Hall–Kier alpha value is -6.71. The Morgan fingerprint density at radius 3 is 1.83 bits per heavy atom. The molecule has 116 heavy (non-hydrogen) atoms. The SMILES string of the molecule is CCO[C@@H]1C[C@H]2C(=O)NC3(CCC3)C(=O)N(C)[C@@H](C3CCCC3)C(=O)N(CC)[C@H](C(=O)N3CCOCC3)CC(=O)N(C)[C@@H](CC3CCCC(Cl)C3)C(=O)N[C@@H]([C@@H](C)CC)C(=O)N(C)CC(=O)N(C)[C@H]3CCCCCN(C3=O)[C@@H](CC3CCC(C(F)(F)F)CC3)C(=O)N(C)CC(=O)N[C@@H](CCC3CC(F)C(C(F)(F)F)C(F)C3)C(=O)N2C1. The largest absolute Gasteiger partial charge is 0.397 e. The molecule has 12 amide bonds. The van der Waals surface area contributed by atoms with Crippen LogP contribution in [0.4, 0.5) is 35.1 Å². The van der Waals surface area contributed by atoms with Gasteiger partial charge in [0.2, 0.25) is 70.9 Å². The lowest BCUT2D eigenvalue weighted by Gasteiger charge is -2.47. The van der Waals surface area contributed by atoms with Crippen LogP contribution in [0.2, 0.25) is 0 Å². The molecule has 3 N–H and O–H groups in total. The van der Waals surface area contributed by atoms with E-state index in [0.29, 0.717) is 77.0 Å². The molecule has 4 aliphatic heterocycles. The third kappa shape index (κ3) is 22.7. The van der Waals surface area contributed by atoms with Gasteiger partial charge in [-0.05, 0) is 165 Å². The second-order valence-electron chi connectivity index (χ2n) is 34.6. The van der Waals surface area contributed by atoms with Crippen molar-refractivity contribution in [1.29, 1.82) is 0 Å². The van der Waals surface area contributed by atoms with Crippen LogP contribution in [-0.2, 0) is 67.0 Å². The lowest BCUT2D eigenvalue weighted by atomic mass is 9.74. The summed E-state index contributed by atoms with van der Waals surface area (Å²) in [5, 5.41) is 8.33. The first kappa shape index (κ1) is 93.2. The molecule has 9 aliphatic rings. The predicted molar refractivity (Wildman–Crippen MR) is 411 cm³/mol. The molecule has 9 rings (SSSR count). The van der Waals surface area contributed by atoms with Gasteiger partial charge >= 0.3 is 12.4 Å². The van der Waals surface area contributed by atoms with Gasteiger partial charge in [0.15, 0.2) is 0 Å². The summed E-state index contributed by atoms with van der Waals surface area (Å²) in [6.45, 7) is 5.39. The minimum atomic E-state index is -5.22. The van der Waals surface area contributed by atoms with Crippen molar-refractivity contribution in [2.45, 2.75) is 298 Å². The van der Waals surface area contributed by atoms with E-state index in [0.717, 1.165) is 21.1 Å². The van der Waals surface area contributed by atoms with Crippen LogP contribution in [0, 0.1) is 41.4 Å². The number of hydrogen-bond donors (Lipinski definition) is 3. The number of halogens is 9. The summed E-state index contributed by atoms with van der Waals surface area (Å²) in [6.07, 6.45) is -12.7. The molecular weight excluding hydrogens is 1550 g/mol. The van der Waals surface area contributed by atoms with Crippen LogP contribution in [0.25, 0.3) is 0 Å². The molecule has 35 heteroatoms. The Labute approximate surface area is 681 Å². The van der Waals surface area contributed by atoms with Crippen molar-refractivity contribution in [3.05, 3.63) is 0 Å². The summed E-state index contributed by atoms with van der Waals surface area (Å²) in [5.41, 5.74) is -1.71. The molecule has 0 aromatic rings. The maximum Gasteiger partial charge on any atom is 0.397 e. The zero-order valence-electron chi connectivity index (χ0n) is 69.0. The molecular formula is C81H125ClF8N12O14. The third-order valence-electron chi connectivity index (χ3n) is 26.9. The van der Waals surface area contributed by atoms with Gasteiger partial charge in [-0.3, -0.25) is 57.5 Å². The van der Waals surface area contributed by atoms with E-state index in [1.807, 2.05) is 0 Å². The maximum atomic E-state index is 16.1. The highest BCUT2D eigenvalue weighted by molar-refractivity contribution is 6.20. The Balaban J connectivity index is 1.13. The molecule has 0 aromatic heterocycles. The number of carbonyl (C=O) groups excluding carboxylic acids is 12. The van der Waals surface area contributed by atoms with Gasteiger partial charge < -0.3 is 69.5 Å². The number of fused-ring (bicyclic) bond motifs is 3. The van der Waals surface area contributed by atoms with E-state index in [4.69, 9.17) is 21.1 Å². The number of amides is 12. The fraction of sp³-hybridized carbons (Fsp3) is 0.852. The molecule has 26 nitrogen and oxygen atoms in total. The van der Waals surface area contributed by atoms with E-state index in [2.05, 4.69) is 16.0 Å². The molecule has 4 heterocycles. The van der Waals surface area contributed by atoms with E-state index in [1.165, 1.54) is 64.6 Å². The van der Waals surface area contributed by atoms with Crippen molar-refractivity contribution >= 4 is 82.5 Å². The van der Waals surface area contributed by atoms with Crippen LogP contribution in [0.3, 0.4) is 0 Å². The van der Waals surface area contributed by atoms with E-state index >= 15 is 56.7 Å². The second-order valence-corrected chi connectivity index (χ2v) is 35.2. The first-order valence-corrected chi connectivity index (χ1v) is 42.9. The molecule has 2 bridgehead atoms. The summed E-state index contributed by atoms with van der Waals surface area (Å²) in [7, 11) is 6.82. The standard InChI is InChI=1S/C81H125ClF8N12O14/c1-10-48(4)68-76(112)95(6)47-66(105)96(7)59-24-14-13-17-33-101(75(59)111)62(41-49-25-28-53(29-26-49)80(85,86)87)73(109)94(5)46-64(103)91-58(30-27-51-39-56(83)67(57(84)40-51)81(88,89)90)72(108)102-45-55(116-12-3)43-61(102)71(107)93-79(31-19-32-79)78(114)98(9)69(52-21-15-16-22-52)77(113)100(11-2)63(74(110)99-34-36-115-37-35-99)44-65(104)97(8)60(70(106)92-68)42-50-20-18-23-54(82)38-50/h48-63,67-69H,10-47H2,1-9H3,(H,91,103)(H,92,106)(H,93,107)/t48-,49?,50?,51?,53?,54?,55+,56?,57?,58-,59-,60-,61-,62-,63-,67?,68-,69-/m0/s1. The molecule has 9 fully saturated rings. The number of alkyl halides is 9. The van der Waals surface area contributed by atoms with Crippen molar-refractivity contribution in [2.75, 3.05) is 101 Å². The first-order valence-electron chi connectivity index (χ1n) is 42.5. The number of rotatable bonds is 14. The summed E-state index contributed by atoms with van der Waals surface area (Å²) < 4.78 is 128. The van der Waals surface area contributed by atoms with E-state index in [9.17, 15) is 35.9 Å². The normalized spacial score (nSPS) is 33.3. The fourth-order valence-electron chi connectivity index (χ4n) is 19.6. The Morgan fingerprint density at radius 2 is 1.23 bits per heavy atom. The molecule has 5 saturated carbocycles. The minimum absolute atomic E-state index is 0.00496. The van der Waals surface area contributed by atoms with Gasteiger partial charge in [0, 0.05) is 86.4 Å². The van der Waals surface area contributed by atoms with Gasteiger partial charge in [-0.25, -0.2) is 8.78 Å². The lowest BCUT2D eigenvalue weighted by molar-refractivity contribution is -0.219. The molecule has 4 saturated heterocycles. The van der Waals surface area contributed by atoms with Gasteiger partial charge in [-0.2, -0.15) is 26.3 Å². The van der Waals surface area contributed by atoms with Crippen molar-refractivity contribution in [1.82, 2.24) is 60.0 Å². The van der Waals surface area contributed by atoms with Gasteiger partial charge in [0.1, 0.15) is 72.1 Å². The van der Waals surface area contributed by atoms with Gasteiger partial charge in [-0.15, -0.1) is 11.6 Å². The number of nitrogens with zero attached hydrogens (tertiary/aromatic N) is 9. The Kier molecular flexibility index (Phi) is 33.0. The average Bonchev–Trinajstić information content (AvgIpc) is 0.938. The molecule has 14 atom stereocenters. The first-order chi connectivity index (χ1) is 54.8. The number of likely N-dealkylation sites (N-methyl/N-ethyl adjacent to an activating group) is 6. The zero-order chi connectivity index (χ0) is 85.0. The Bertz CT molecular complexity index is 3430. The number of hydrogen-bond acceptors (Lipinski definition) is 14. The van der Waals surface area contributed by atoms with E-state index in [1.54, 1.807) is 27.7 Å². The van der Waals surface area contributed by atoms with Crippen LogP contribution in [-0.4, -0.2) is 306 Å². The smallest absolute Gasteiger partial charge is 0.378 e. The molecule has 0 radical (unpaired) electrons. The van der Waals surface area contributed by atoms with E-state index < -0.39 is 230 Å². The highest BCUT2D eigenvalue weighted by atomic mass is 35.5. The van der Waals surface area contributed by atoms with Crippen LogP contribution in [0.5, 0.6) is 0 Å². The van der Waals surface area contributed by atoms with Crippen LogP contribution < -0.4 is 16.0 Å². The summed E-state index contributed by atoms with van der Waals surface area (Å²) in [5.74, 6) is -16.7. The van der Waals surface area contributed by atoms with Gasteiger partial charge in [0.25, 0.3) is 0 Å². The predicted octanol–water partition coefficient (Wildman–Crippen LogP) is 7.88. The summed E-state index contributed by atoms with van der Waals surface area (Å²) in [4.78, 5) is 196. The number of ether oxygens (including phenoxy) is 2. The van der Waals surface area contributed by atoms with Crippen molar-refractivity contribution < 1.29 is 102 Å². The summed E-state index contributed by atoms with van der Waals surface area (Å²) >= 11 is 6.80. The van der Waals surface area contributed by atoms with Crippen LogP contribution >= 0.6 is 11.6 Å². The van der Waals surface area contributed by atoms with E-state index in [-0.39, 0.29) is 134 Å². The maximum absolute atomic E-state index is 16.1. The lowest BCUT2D eigenvalue weighted by Crippen LogP contribution is -2.68. The highest BCUT2D eigenvalue weighted by Crippen LogP contribution is 2.46. The highest BCUT2D eigenvalue weighted by Gasteiger charge is 2.57. The molecule has 4 unspecified atom stereocenters. The number of morpholine rings is 1. The molecule has 1 spiro atoms. The van der Waals surface area contributed by atoms with Gasteiger partial charge in [0.05, 0.1) is 44.7 Å². The monoisotopic (exact) mass is 1680 g/mol. The molecule has 656 valence electrons. The summed E-state index contributed by atoms with van der Waals surface area (Å²) in [6, 6.07) is -11.4. The average molecular weight is 1680 g/mol. The fourth-order valence-corrected chi connectivity index (χ4v) is 20.0. The Morgan fingerprint density at radius 1 is 0.595 bits per heavy atom. The minimum Gasteiger partial charge on any atom is -0.378 e. The van der Waals surface area contributed by atoms with Crippen molar-refractivity contribution in [2.24, 2.45) is 41.4 Å². The van der Waals surface area contributed by atoms with Crippen molar-refractivity contribution in [3.8, 4) is 0 Å².